The van der Waals surface area contributed by atoms with Gasteiger partial charge in [-0.2, -0.15) is 0 Å². The fraction of sp³-hybridized carbons (Fsp3) is 0.250. The van der Waals surface area contributed by atoms with E-state index >= 15 is 0 Å². The summed E-state index contributed by atoms with van der Waals surface area (Å²) in [6.07, 6.45) is 1.49. The van der Waals surface area contributed by atoms with Gasteiger partial charge in [0.15, 0.2) is 0 Å². The largest absolute Gasteiger partial charge is 0.404 e. The highest BCUT2D eigenvalue weighted by molar-refractivity contribution is 8.12. The van der Waals surface area contributed by atoms with Crippen molar-refractivity contribution in [2.75, 3.05) is 0 Å². The highest BCUT2D eigenvalue weighted by Gasteiger charge is 2.09. The lowest BCUT2D eigenvalue weighted by atomic mass is 10.1. The summed E-state index contributed by atoms with van der Waals surface area (Å²) in [7, 11) is 0. The van der Waals surface area contributed by atoms with E-state index < -0.39 is 0 Å². The van der Waals surface area contributed by atoms with E-state index in [9.17, 15) is 0 Å². The molecule has 0 aromatic rings. The molecule has 1 aliphatic heterocycles. The molecular weight excluding hydrogens is 170 g/mol. The van der Waals surface area contributed by atoms with E-state index in [1.165, 1.54) is 18.1 Å². The predicted octanol–water partition coefficient (Wildman–Crippen LogP) is 1.88. The van der Waals surface area contributed by atoms with E-state index in [0.29, 0.717) is 5.70 Å². The minimum absolute atomic E-state index is 0.682. The van der Waals surface area contributed by atoms with Gasteiger partial charge in [-0.1, -0.05) is 6.58 Å². The molecule has 12 heavy (non-hydrogen) atoms. The molecule has 4 heteroatoms. The average Bonchev–Trinajstić information content (AvgIpc) is 2.12. The van der Waals surface area contributed by atoms with Gasteiger partial charge in [-0.3, -0.25) is 0 Å². The molecule has 0 aromatic carbocycles. The molecule has 0 atom stereocenters. The minimum Gasteiger partial charge on any atom is -0.404 e. The number of aliphatic imine (C=N–C) groups is 1. The molecule has 0 saturated carbocycles. The molecule has 0 aromatic heterocycles. The quantitative estimate of drug-likeness (QED) is 0.580. The Morgan fingerprint density at radius 3 is 2.75 bits per heavy atom. The van der Waals surface area contributed by atoms with Crippen LogP contribution in [-0.2, 0) is 0 Å². The summed E-state index contributed by atoms with van der Waals surface area (Å²) in [5, 5.41) is 0.885. The highest BCUT2D eigenvalue weighted by atomic mass is 32.2. The molecule has 1 rings (SSSR count). The smallest absolute Gasteiger partial charge is 0.0935 e. The summed E-state index contributed by atoms with van der Waals surface area (Å²) in [4.78, 5) is 4.20. The number of nitrogens with two attached hydrogens (primary N) is 1. The zero-order chi connectivity index (χ0) is 9.14. The van der Waals surface area contributed by atoms with Gasteiger partial charge in [0.1, 0.15) is 0 Å². The third-order valence-corrected chi connectivity index (χ3v) is 2.20. The van der Waals surface area contributed by atoms with E-state index in [2.05, 4.69) is 16.0 Å². The van der Waals surface area contributed by atoms with E-state index in [4.69, 9.17) is 5.73 Å². The van der Waals surface area contributed by atoms with Crippen LogP contribution in [0.2, 0.25) is 0 Å². The molecule has 1 aliphatic rings. The number of allylic oxidation sites excluding steroid dienone is 1. The van der Waals surface area contributed by atoms with Crippen LogP contribution in [0.1, 0.15) is 13.8 Å². The predicted molar refractivity (Wildman–Crippen MR) is 55.2 cm³/mol. The third kappa shape index (κ3) is 1.76. The van der Waals surface area contributed by atoms with Gasteiger partial charge in [0, 0.05) is 23.7 Å². The molecule has 0 radical (unpaired) electrons. The van der Waals surface area contributed by atoms with Crippen molar-refractivity contribution >= 4 is 22.7 Å². The van der Waals surface area contributed by atoms with Crippen LogP contribution in [0, 0.1) is 0 Å². The van der Waals surface area contributed by atoms with Crippen molar-refractivity contribution in [1.82, 2.24) is 0 Å². The highest BCUT2D eigenvalue weighted by Crippen LogP contribution is 2.20. The first-order valence-corrected chi connectivity index (χ1v) is 4.31. The van der Waals surface area contributed by atoms with Gasteiger partial charge in [0.2, 0.25) is 0 Å². The second kappa shape index (κ2) is 3.58. The summed E-state index contributed by atoms with van der Waals surface area (Å²) in [6, 6.07) is 0. The topological polar surface area (TPSA) is 50.7 Å². The first kappa shape index (κ1) is 9.06. The Labute approximate surface area is 76.3 Å². The Bertz CT molecular complexity index is 299. The molecule has 0 amide bonds. The first-order valence-electron chi connectivity index (χ1n) is 3.53. The van der Waals surface area contributed by atoms with Crippen LogP contribution in [0.3, 0.4) is 0 Å². The summed E-state index contributed by atoms with van der Waals surface area (Å²) in [6.45, 7) is 7.59. The fourth-order valence-corrected chi connectivity index (χ4v) is 1.40. The lowest BCUT2D eigenvalue weighted by Crippen LogP contribution is -2.00. The van der Waals surface area contributed by atoms with E-state index in [0.717, 1.165) is 16.3 Å². The maximum Gasteiger partial charge on any atom is 0.0935 e. The second-order valence-electron chi connectivity index (χ2n) is 2.43. The second-order valence-corrected chi connectivity index (χ2v) is 3.38. The van der Waals surface area contributed by atoms with Gasteiger partial charge >= 0.3 is 0 Å². The van der Waals surface area contributed by atoms with Crippen molar-refractivity contribution in [2.45, 2.75) is 13.8 Å². The molecule has 2 N–H and O–H groups in total. The van der Waals surface area contributed by atoms with Crippen LogP contribution >= 0.6 is 11.9 Å². The van der Waals surface area contributed by atoms with Crippen LogP contribution < -0.4 is 5.73 Å². The fourth-order valence-electron chi connectivity index (χ4n) is 0.880. The summed E-state index contributed by atoms with van der Waals surface area (Å²) in [5.41, 5.74) is 7.79. The Morgan fingerprint density at radius 2 is 2.17 bits per heavy atom. The maximum absolute atomic E-state index is 5.42. The number of rotatable bonds is 0. The van der Waals surface area contributed by atoms with Crippen LogP contribution in [0.25, 0.3) is 0 Å². The molecule has 0 spiro atoms. The maximum atomic E-state index is 5.42. The van der Waals surface area contributed by atoms with Crippen LogP contribution in [0.15, 0.2) is 33.4 Å². The molecule has 0 fully saturated rings. The Morgan fingerprint density at radius 1 is 1.50 bits per heavy atom. The molecule has 0 unspecified atom stereocenters. The normalized spacial score (nSPS) is 21.8. The van der Waals surface area contributed by atoms with Gasteiger partial charge in [-0.15, -0.1) is 0 Å². The van der Waals surface area contributed by atoms with E-state index in [-0.39, 0.29) is 0 Å². The molecular formula is C8H11N3S. The molecule has 0 saturated heterocycles. The average molecular weight is 181 g/mol. The lowest BCUT2D eigenvalue weighted by molar-refractivity contribution is 1.36. The van der Waals surface area contributed by atoms with Crippen molar-refractivity contribution in [3.8, 4) is 0 Å². The molecule has 1 heterocycles. The van der Waals surface area contributed by atoms with Crippen LogP contribution in [0.5, 0.6) is 0 Å². The first-order chi connectivity index (χ1) is 5.65. The molecule has 64 valence electrons. The van der Waals surface area contributed by atoms with Gasteiger partial charge in [0.05, 0.1) is 16.5 Å². The van der Waals surface area contributed by atoms with Gasteiger partial charge in [0.25, 0.3) is 0 Å². The van der Waals surface area contributed by atoms with Crippen molar-refractivity contribution in [2.24, 2.45) is 15.1 Å². The number of nitrogens with zero attached hydrogens (tertiary/aromatic N) is 2. The summed E-state index contributed by atoms with van der Waals surface area (Å²) < 4.78 is 4.20. The zero-order valence-corrected chi connectivity index (χ0v) is 7.98. The summed E-state index contributed by atoms with van der Waals surface area (Å²) >= 11 is 1.35. The number of hydrogen-bond acceptors (Lipinski definition) is 4. The summed E-state index contributed by atoms with van der Waals surface area (Å²) in [5.74, 6) is 0. The van der Waals surface area contributed by atoms with Gasteiger partial charge in [-0.25, -0.2) is 9.39 Å². The third-order valence-electron chi connectivity index (χ3n) is 1.47. The van der Waals surface area contributed by atoms with E-state index in [1.807, 2.05) is 13.8 Å². The molecule has 0 bridgehead atoms. The molecule has 0 aliphatic carbocycles. The van der Waals surface area contributed by atoms with Crippen LogP contribution in [-0.4, -0.2) is 10.8 Å². The molecule has 3 nitrogen and oxygen atoms in total. The SMILES string of the molecule is C=C1N=C(C)SN=C(C)/C1=C\N. The Hall–Kier alpha value is -1.03. The van der Waals surface area contributed by atoms with Gasteiger partial charge < -0.3 is 5.73 Å². The van der Waals surface area contributed by atoms with Gasteiger partial charge in [-0.05, 0) is 13.8 Å². The van der Waals surface area contributed by atoms with Crippen LogP contribution in [0.4, 0.5) is 0 Å². The standard InChI is InChI=1S/C8H11N3S/c1-5-8(4-9)6(2)11-12-7(3)10-5/h4H,1,9H2,2-3H3/b8-4-. The van der Waals surface area contributed by atoms with Crippen molar-refractivity contribution in [1.29, 1.82) is 0 Å². The zero-order valence-electron chi connectivity index (χ0n) is 7.16. The number of hydrogen-bond donors (Lipinski definition) is 1. The van der Waals surface area contributed by atoms with Crippen molar-refractivity contribution in [3.05, 3.63) is 24.0 Å². The lowest BCUT2D eigenvalue weighted by Gasteiger charge is -2.00. The monoisotopic (exact) mass is 181 g/mol. The van der Waals surface area contributed by atoms with Crippen molar-refractivity contribution < 1.29 is 0 Å². The minimum atomic E-state index is 0.682. The Kier molecular flexibility index (Phi) is 2.70. The van der Waals surface area contributed by atoms with Crippen molar-refractivity contribution in [3.63, 3.8) is 0 Å². The van der Waals surface area contributed by atoms with E-state index in [1.54, 1.807) is 0 Å². The Balaban J connectivity index is 3.10.